The van der Waals surface area contributed by atoms with Crippen LogP contribution in [0.5, 0.6) is 0 Å². The van der Waals surface area contributed by atoms with Crippen molar-refractivity contribution in [2.75, 3.05) is 26.2 Å². The number of hydrogen-bond acceptors (Lipinski definition) is 3. The van der Waals surface area contributed by atoms with Crippen LogP contribution in [0.2, 0.25) is 0 Å². The third-order valence-corrected chi connectivity index (χ3v) is 5.40. The zero-order valence-corrected chi connectivity index (χ0v) is 12.4. The predicted octanol–water partition coefficient (Wildman–Crippen LogP) is 2.00. The quantitative estimate of drug-likeness (QED) is 0.740. The first-order valence-corrected chi connectivity index (χ1v) is 8.36. The first kappa shape index (κ1) is 13.8. The Hall–Kier alpha value is -0.120. The van der Waals surface area contributed by atoms with Gasteiger partial charge in [0.25, 0.3) is 0 Å². The number of aliphatic hydroxyl groups excluding tert-OH is 1. The van der Waals surface area contributed by atoms with Crippen LogP contribution in [0.15, 0.2) is 0 Å². The summed E-state index contributed by atoms with van der Waals surface area (Å²) in [7, 11) is 0. The molecule has 110 valence electrons. The minimum absolute atomic E-state index is 0.0107. The van der Waals surface area contributed by atoms with Crippen LogP contribution in [0.25, 0.3) is 0 Å². The molecule has 2 unspecified atom stereocenters. The van der Waals surface area contributed by atoms with Crippen LogP contribution in [0.1, 0.15) is 51.9 Å². The van der Waals surface area contributed by atoms with Crippen molar-refractivity contribution < 1.29 is 5.11 Å². The molecule has 0 radical (unpaired) electrons. The van der Waals surface area contributed by atoms with E-state index in [0.717, 1.165) is 18.4 Å². The fraction of sp³-hybridized carbons (Fsp3) is 1.00. The van der Waals surface area contributed by atoms with Crippen molar-refractivity contribution in [1.29, 1.82) is 0 Å². The van der Waals surface area contributed by atoms with E-state index < -0.39 is 0 Å². The third-order valence-electron chi connectivity index (χ3n) is 5.40. The van der Waals surface area contributed by atoms with Gasteiger partial charge >= 0.3 is 0 Å². The monoisotopic (exact) mass is 266 g/mol. The largest absolute Gasteiger partial charge is 0.394 e. The van der Waals surface area contributed by atoms with E-state index in [1.807, 2.05) is 0 Å². The summed E-state index contributed by atoms with van der Waals surface area (Å²) < 4.78 is 0. The summed E-state index contributed by atoms with van der Waals surface area (Å²) in [4.78, 5) is 2.63. The van der Waals surface area contributed by atoms with Gasteiger partial charge in [-0.05, 0) is 56.9 Å². The van der Waals surface area contributed by atoms with Gasteiger partial charge in [0.1, 0.15) is 0 Å². The molecule has 0 aromatic rings. The topological polar surface area (TPSA) is 35.5 Å². The number of likely N-dealkylation sites (tertiary alicyclic amines) is 1. The Labute approximate surface area is 117 Å². The van der Waals surface area contributed by atoms with Crippen molar-refractivity contribution >= 4 is 0 Å². The van der Waals surface area contributed by atoms with Crippen molar-refractivity contribution in [2.45, 2.75) is 63.5 Å². The predicted molar refractivity (Wildman–Crippen MR) is 78.2 cm³/mol. The molecule has 0 bridgehead atoms. The zero-order chi connectivity index (χ0) is 13.3. The zero-order valence-electron chi connectivity index (χ0n) is 12.4. The van der Waals surface area contributed by atoms with Crippen LogP contribution in [0.3, 0.4) is 0 Å². The lowest BCUT2D eigenvalue weighted by Gasteiger charge is -2.41. The Morgan fingerprint density at radius 3 is 2.58 bits per heavy atom. The Bertz CT molecular complexity index is 301. The molecule has 1 aliphatic heterocycles. The summed E-state index contributed by atoms with van der Waals surface area (Å²) in [6, 6.07) is 0.694. The number of hydrogen-bond donors (Lipinski definition) is 2. The minimum Gasteiger partial charge on any atom is -0.394 e. The van der Waals surface area contributed by atoms with Crippen molar-refractivity contribution in [3.05, 3.63) is 0 Å². The average Bonchev–Trinajstić information content (AvgIpc) is 3.30. The molecule has 3 rings (SSSR count). The molecule has 1 heterocycles. The maximum absolute atomic E-state index is 10.0. The average molecular weight is 266 g/mol. The summed E-state index contributed by atoms with van der Waals surface area (Å²) in [6.07, 6.45) is 9.30. The molecule has 2 aliphatic carbocycles. The highest BCUT2D eigenvalue weighted by Crippen LogP contribution is 2.42. The fourth-order valence-electron chi connectivity index (χ4n) is 3.81. The van der Waals surface area contributed by atoms with Gasteiger partial charge in [-0.3, -0.25) is 0 Å². The summed E-state index contributed by atoms with van der Waals surface area (Å²) in [5.74, 6) is 1.60. The van der Waals surface area contributed by atoms with E-state index in [4.69, 9.17) is 0 Å². The number of piperidine rings is 1. The Kier molecular flexibility index (Phi) is 4.16. The molecule has 3 nitrogen and oxygen atoms in total. The van der Waals surface area contributed by atoms with Gasteiger partial charge in [0.2, 0.25) is 0 Å². The van der Waals surface area contributed by atoms with E-state index >= 15 is 0 Å². The van der Waals surface area contributed by atoms with Crippen LogP contribution >= 0.6 is 0 Å². The van der Waals surface area contributed by atoms with Crippen molar-refractivity contribution in [3.8, 4) is 0 Å². The van der Waals surface area contributed by atoms with Gasteiger partial charge in [-0.2, -0.15) is 0 Å². The highest BCUT2D eigenvalue weighted by atomic mass is 16.3. The van der Waals surface area contributed by atoms with E-state index in [1.165, 1.54) is 58.0 Å². The van der Waals surface area contributed by atoms with Gasteiger partial charge in [-0.15, -0.1) is 0 Å². The van der Waals surface area contributed by atoms with Gasteiger partial charge < -0.3 is 15.3 Å². The van der Waals surface area contributed by atoms with E-state index in [9.17, 15) is 5.11 Å². The SMILES string of the molecule is CCC1CCCN(CC(CO)(NC2CC2)C2CC2)C1. The minimum atomic E-state index is 0.0107. The van der Waals surface area contributed by atoms with Crippen LogP contribution in [-0.4, -0.2) is 47.8 Å². The lowest BCUT2D eigenvalue weighted by atomic mass is 9.89. The van der Waals surface area contributed by atoms with Crippen molar-refractivity contribution in [3.63, 3.8) is 0 Å². The lowest BCUT2D eigenvalue weighted by Crippen LogP contribution is -2.59. The second-order valence-corrected chi connectivity index (χ2v) is 7.16. The Balaban J connectivity index is 1.62. The molecule has 2 atom stereocenters. The molecule has 19 heavy (non-hydrogen) atoms. The lowest BCUT2D eigenvalue weighted by molar-refractivity contribution is 0.0665. The molecule has 0 spiro atoms. The summed E-state index contributed by atoms with van der Waals surface area (Å²) in [5, 5.41) is 13.8. The maximum Gasteiger partial charge on any atom is 0.0628 e. The Morgan fingerprint density at radius 1 is 1.21 bits per heavy atom. The van der Waals surface area contributed by atoms with Gasteiger partial charge in [0.15, 0.2) is 0 Å². The first-order chi connectivity index (χ1) is 9.25. The molecular weight excluding hydrogens is 236 g/mol. The van der Waals surface area contributed by atoms with E-state index in [-0.39, 0.29) is 5.54 Å². The van der Waals surface area contributed by atoms with E-state index in [2.05, 4.69) is 17.1 Å². The van der Waals surface area contributed by atoms with Crippen LogP contribution < -0.4 is 5.32 Å². The number of nitrogens with one attached hydrogen (secondary N) is 1. The molecule has 3 fully saturated rings. The molecule has 0 amide bonds. The highest BCUT2D eigenvalue weighted by molar-refractivity contribution is 5.06. The van der Waals surface area contributed by atoms with E-state index in [0.29, 0.717) is 12.6 Å². The molecular formula is C16H30N2O. The normalized spacial score (nSPS) is 32.2. The molecule has 0 aromatic carbocycles. The number of rotatable bonds is 7. The molecule has 3 heteroatoms. The second-order valence-electron chi connectivity index (χ2n) is 7.16. The maximum atomic E-state index is 10.0. The molecule has 0 aromatic heterocycles. The third kappa shape index (κ3) is 3.32. The first-order valence-electron chi connectivity index (χ1n) is 8.36. The van der Waals surface area contributed by atoms with Crippen molar-refractivity contribution in [1.82, 2.24) is 10.2 Å². The Morgan fingerprint density at radius 2 is 2.00 bits per heavy atom. The van der Waals surface area contributed by atoms with E-state index in [1.54, 1.807) is 0 Å². The van der Waals surface area contributed by atoms with Crippen LogP contribution in [-0.2, 0) is 0 Å². The van der Waals surface area contributed by atoms with Gasteiger partial charge in [0.05, 0.1) is 12.1 Å². The summed E-state index contributed by atoms with van der Waals surface area (Å²) in [5.41, 5.74) is 0.0107. The van der Waals surface area contributed by atoms with Crippen LogP contribution in [0, 0.1) is 11.8 Å². The van der Waals surface area contributed by atoms with Crippen LogP contribution in [0.4, 0.5) is 0 Å². The van der Waals surface area contributed by atoms with Gasteiger partial charge in [-0.25, -0.2) is 0 Å². The molecule has 2 N–H and O–H groups in total. The smallest absolute Gasteiger partial charge is 0.0628 e. The van der Waals surface area contributed by atoms with Gasteiger partial charge in [0, 0.05) is 19.1 Å². The molecule has 1 saturated heterocycles. The fourth-order valence-corrected chi connectivity index (χ4v) is 3.81. The molecule has 3 aliphatic rings. The second kappa shape index (κ2) is 5.71. The standard InChI is InChI=1S/C16H30N2O/c1-2-13-4-3-9-18(10-13)11-16(12-19,14-5-6-14)17-15-7-8-15/h13-15,17,19H,2-12H2,1H3. The summed E-state index contributed by atoms with van der Waals surface area (Å²) >= 11 is 0. The molecule has 2 saturated carbocycles. The summed E-state index contributed by atoms with van der Waals surface area (Å²) in [6.45, 7) is 6.19. The van der Waals surface area contributed by atoms with Gasteiger partial charge in [-0.1, -0.05) is 13.3 Å². The highest BCUT2D eigenvalue weighted by Gasteiger charge is 2.48. The number of nitrogens with zero attached hydrogens (tertiary/aromatic N) is 1. The van der Waals surface area contributed by atoms with Crippen molar-refractivity contribution in [2.24, 2.45) is 11.8 Å². The number of aliphatic hydroxyl groups is 1.